The summed E-state index contributed by atoms with van der Waals surface area (Å²) in [6.07, 6.45) is 0.763. The van der Waals surface area contributed by atoms with Crippen LogP contribution in [0.25, 0.3) is 11.1 Å². The second-order valence-electron chi connectivity index (χ2n) is 6.28. The number of sulfonamides is 1. The Balaban J connectivity index is 2.05. The van der Waals surface area contributed by atoms with Crippen LogP contribution >= 0.6 is 0 Å². The van der Waals surface area contributed by atoms with Crippen LogP contribution in [0.3, 0.4) is 0 Å². The van der Waals surface area contributed by atoms with E-state index in [-0.39, 0.29) is 16.7 Å². The van der Waals surface area contributed by atoms with Gasteiger partial charge in [0, 0.05) is 23.7 Å². The Labute approximate surface area is 142 Å². The first-order valence-electron chi connectivity index (χ1n) is 7.85. The first-order valence-corrected chi connectivity index (χ1v) is 9.40. The molecular weight excluding hydrogens is 324 g/mol. The number of benzene rings is 2. The third-order valence-corrected chi connectivity index (χ3v) is 5.21. The molecule has 24 heavy (non-hydrogen) atoms. The van der Waals surface area contributed by atoms with E-state index in [0.717, 1.165) is 23.2 Å². The molecule has 0 aliphatic carbocycles. The van der Waals surface area contributed by atoms with E-state index in [0.29, 0.717) is 12.1 Å². The van der Waals surface area contributed by atoms with Crippen LogP contribution < -0.4 is 10.0 Å². The topological polar surface area (TPSA) is 80.5 Å². The number of hydrogen-bond acceptors (Lipinski definition) is 3. The van der Waals surface area contributed by atoms with Crippen LogP contribution in [0, 0.1) is 5.92 Å². The van der Waals surface area contributed by atoms with Gasteiger partial charge in [-0.1, -0.05) is 38.1 Å². The van der Waals surface area contributed by atoms with Gasteiger partial charge in [-0.25, -0.2) is 13.6 Å². The summed E-state index contributed by atoms with van der Waals surface area (Å²) in [6, 6.07) is 12.4. The SMILES string of the molecule is CC(C)C(=O)N1CCc2cc(-c3ccccc3S(N)(=O)=O)ccc21. The van der Waals surface area contributed by atoms with Crippen LogP contribution in [0.2, 0.25) is 0 Å². The second kappa shape index (κ2) is 6.03. The average Bonchev–Trinajstić information content (AvgIpc) is 2.96. The van der Waals surface area contributed by atoms with E-state index in [1.807, 2.05) is 32.0 Å². The average molecular weight is 344 g/mol. The van der Waals surface area contributed by atoms with Crippen LogP contribution in [0.1, 0.15) is 19.4 Å². The molecule has 126 valence electrons. The van der Waals surface area contributed by atoms with Crippen molar-refractivity contribution in [3.05, 3.63) is 48.0 Å². The molecule has 5 nitrogen and oxygen atoms in total. The van der Waals surface area contributed by atoms with E-state index >= 15 is 0 Å². The summed E-state index contributed by atoms with van der Waals surface area (Å²) in [5.41, 5.74) is 3.32. The highest BCUT2D eigenvalue weighted by atomic mass is 32.2. The molecular formula is C18H20N2O3S. The third kappa shape index (κ3) is 2.95. The molecule has 2 aromatic rings. The van der Waals surface area contributed by atoms with Gasteiger partial charge in [0.25, 0.3) is 0 Å². The molecule has 6 heteroatoms. The number of carbonyl (C=O) groups excluding carboxylic acids is 1. The van der Waals surface area contributed by atoms with Gasteiger partial charge in [-0.15, -0.1) is 0 Å². The van der Waals surface area contributed by atoms with Crippen molar-refractivity contribution in [1.82, 2.24) is 0 Å². The molecule has 1 heterocycles. The number of primary sulfonamides is 1. The summed E-state index contributed by atoms with van der Waals surface area (Å²) in [4.78, 5) is 14.2. The van der Waals surface area contributed by atoms with Gasteiger partial charge in [-0.05, 0) is 35.7 Å². The maximum atomic E-state index is 12.3. The van der Waals surface area contributed by atoms with Crippen molar-refractivity contribution in [3.63, 3.8) is 0 Å². The summed E-state index contributed by atoms with van der Waals surface area (Å²) < 4.78 is 23.6. The summed E-state index contributed by atoms with van der Waals surface area (Å²) in [5.74, 6) is 0.0465. The zero-order chi connectivity index (χ0) is 17.5. The number of hydrogen-bond donors (Lipinski definition) is 1. The van der Waals surface area contributed by atoms with E-state index < -0.39 is 10.0 Å². The van der Waals surface area contributed by atoms with Crippen LogP contribution in [-0.4, -0.2) is 20.9 Å². The molecule has 0 radical (unpaired) electrons. The number of anilines is 1. The van der Waals surface area contributed by atoms with Crippen molar-refractivity contribution < 1.29 is 13.2 Å². The molecule has 0 spiro atoms. The molecule has 0 fully saturated rings. The van der Waals surface area contributed by atoms with Crippen LogP contribution in [-0.2, 0) is 21.2 Å². The highest BCUT2D eigenvalue weighted by Gasteiger charge is 2.26. The first-order chi connectivity index (χ1) is 11.3. The Morgan fingerprint density at radius 2 is 1.88 bits per heavy atom. The fraction of sp³-hybridized carbons (Fsp3) is 0.278. The lowest BCUT2D eigenvalue weighted by atomic mass is 10.0. The van der Waals surface area contributed by atoms with Gasteiger partial charge < -0.3 is 4.90 Å². The van der Waals surface area contributed by atoms with Crippen molar-refractivity contribution >= 4 is 21.6 Å². The van der Waals surface area contributed by atoms with Crippen LogP contribution in [0.15, 0.2) is 47.4 Å². The maximum absolute atomic E-state index is 12.3. The van der Waals surface area contributed by atoms with Gasteiger partial charge in [0.2, 0.25) is 15.9 Å². The molecule has 0 saturated heterocycles. The van der Waals surface area contributed by atoms with Gasteiger partial charge in [-0.3, -0.25) is 4.79 Å². The summed E-state index contributed by atoms with van der Waals surface area (Å²) >= 11 is 0. The highest BCUT2D eigenvalue weighted by molar-refractivity contribution is 7.89. The standard InChI is InChI=1S/C18H20N2O3S/c1-12(2)18(21)20-10-9-14-11-13(7-8-16(14)20)15-5-3-4-6-17(15)24(19,22)23/h3-8,11-12H,9-10H2,1-2H3,(H2,19,22,23). The van der Waals surface area contributed by atoms with E-state index in [1.54, 1.807) is 23.1 Å². The van der Waals surface area contributed by atoms with Gasteiger partial charge in [0.1, 0.15) is 0 Å². The predicted molar refractivity (Wildman–Crippen MR) is 94.1 cm³/mol. The lowest BCUT2D eigenvalue weighted by molar-refractivity contribution is -0.121. The van der Waals surface area contributed by atoms with E-state index in [2.05, 4.69) is 0 Å². The van der Waals surface area contributed by atoms with Gasteiger partial charge in [-0.2, -0.15) is 0 Å². The zero-order valence-electron chi connectivity index (χ0n) is 13.7. The quantitative estimate of drug-likeness (QED) is 0.929. The van der Waals surface area contributed by atoms with Gasteiger partial charge in [0.15, 0.2) is 0 Å². The maximum Gasteiger partial charge on any atom is 0.238 e. The molecule has 3 rings (SSSR count). The number of carbonyl (C=O) groups is 1. The van der Waals surface area contributed by atoms with E-state index in [4.69, 9.17) is 5.14 Å². The Hall–Kier alpha value is -2.18. The predicted octanol–water partition coefficient (Wildman–Crippen LogP) is 2.55. The fourth-order valence-corrected chi connectivity index (χ4v) is 3.82. The Morgan fingerprint density at radius 1 is 1.17 bits per heavy atom. The van der Waals surface area contributed by atoms with Gasteiger partial charge >= 0.3 is 0 Å². The molecule has 0 atom stereocenters. The monoisotopic (exact) mass is 344 g/mol. The number of nitrogens with two attached hydrogens (primary N) is 1. The van der Waals surface area contributed by atoms with Crippen molar-refractivity contribution in [2.45, 2.75) is 25.2 Å². The molecule has 2 N–H and O–H groups in total. The summed E-state index contributed by atoms with van der Waals surface area (Å²) in [7, 11) is -3.80. The van der Waals surface area contributed by atoms with Crippen molar-refractivity contribution in [3.8, 4) is 11.1 Å². The molecule has 0 aromatic heterocycles. The number of rotatable bonds is 3. The molecule has 2 aromatic carbocycles. The molecule has 0 unspecified atom stereocenters. The van der Waals surface area contributed by atoms with Crippen LogP contribution in [0.4, 0.5) is 5.69 Å². The fourth-order valence-electron chi connectivity index (χ4n) is 3.06. The number of amides is 1. The first kappa shape index (κ1) is 16.7. The summed E-state index contributed by atoms with van der Waals surface area (Å²) in [6.45, 7) is 4.43. The molecule has 1 aliphatic heterocycles. The molecule has 1 aliphatic rings. The minimum Gasteiger partial charge on any atom is -0.312 e. The molecule has 0 bridgehead atoms. The largest absolute Gasteiger partial charge is 0.312 e. The smallest absolute Gasteiger partial charge is 0.238 e. The van der Waals surface area contributed by atoms with Crippen molar-refractivity contribution in [1.29, 1.82) is 0 Å². The highest BCUT2D eigenvalue weighted by Crippen LogP contribution is 2.35. The minimum absolute atomic E-state index is 0.0567. The third-order valence-electron chi connectivity index (χ3n) is 4.24. The Kier molecular flexibility index (Phi) is 4.19. The van der Waals surface area contributed by atoms with Crippen molar-refractivity contribution in [2.24, 2.45) is 11.1 Å². The normalized spacial score (nSPS) is 14.1. The van der Waals surface area contributed by atoms with E-state index in [1.165, 1.54) is 6.07 Å². The van der Waals surface area contributed by atoms with E-state index in [9.17, 15) is 13.2 Å². The Morgan fingerprint density at radius 3 is 2.54 bits per heavy atom. The number of nitrogens with zero attached hydrogens (tertiary/aromatic N) is 1. The van der Waals surface area contributed by atoms with Crippen molar-refractivity contribution in [2.75, 3.05) is 11.4 Å². The number of fused-ring (bicyclic) bond motifs is 1. The lowest BCUT2D eigenvalue weighted by Gasteiger charge is -2.20. The lowest BCUT2D eigenvalue weighted by Crippen LogP contribution is -2.32. The van der Waals surface area contributed by atoms with Crippen LogP contribution in [0.5, 0.6) is 0 Å². The zero-order valence-corrected chi connectivity index (χ0v) is 14.5. The molecule has 1 amide bonds. The van der Waals surface area contributed by atoms with Gasteiger partial charge in [0.05, 0.1) is 4.90 Å². The Bertz CT molecular complexity index is 904. The molecule has 0 saturated carbocycles. The second-order valence-corrected chi connectivity index (χ2v) is 7.81. The minimum atomic E-state index is -3.80. The summed E-state index contributed by atoms with van der Waals surface area (Å²) in [5, 5.41) is 5.32.